The molecule has 1 aromatic heterocycles. The first-order valence-electron chi connectivity index (χ1n) is 5.88. The number of carbonyl (C=O) groups is 1. The summed E-state index contributed by atoms with van der Waals surface area (Å²) in [4.78, 5) is 19.7. The van der Waals surface area contributed by atoms with Crippen molar-refractivity contribution in [1.29, 1.82) is 0 Å². The van der Waals surface area contributed by atoms with E-state index in [-0.39, 0.29) is 5.91 Å². The first-order valence-corrected chi connectivity index (χ1v) is 6.26. The largest absolute Gasteiger partial charge is 0.309 e. The number of nitrogens with zero attached hydrogens (tertiary/aromatic N) is 2. The third kappa shape index (κ3) is 3.76. The molecule has 0 aliphatic carbocycles. The smallest absolute Gasteiger partial charge is 0.229 e. The predicted octanol–water partition coefficient (Wildman–Crippen LogP) is 2.93. The Bertz CT molecular complexity index is 596. The topological polar surface area (TPSA) is 54.9 Å². The van der Waals surface area contributed by atoms with Crippen LogP contribution in [0.3, 0.4) is 0 Å². The van der Waals surface area contributed by atoms with Crippen molar-refractivity contribution >= 4 is 23.3 Å². The second kappa shape index (κ2) is 5.80. The maximum absolute atomic E-state index is 11.9. The third-order valence-corrected chi connectivity index (χ3v) is 3.02. The Morgan fingerprint density at radius 3 is 2.63 bits per heavy atom. The van der Waals surface area contributed by atoms with Gasteiger partial charge in [-0.2, -0.15) is 0 Å². The summed E-state index contributed by atoms with van der Waals surface area (Å²) in [6.07, 6.45) is 3.14. The Morgan fingerprint density at radius 1 is 1.21 bits per heavy atom. The van der Waals surface area contributed by atoms with Gasteiger partial charge >= 0.3 is 0 Å². The molecule has 2 aromatic rings. The number of aromatic nitrogens is 2. The molecule has 0 aliphatic rings. The molecule has 1 amide bonds. The van der Waals surface area contributed by atoms with Gasteiger partial charge in [0.2, 0.25) is 5.91 Å². The standard InChI is InChI=1S/C14H14ClN3O/c1-9-3-4-11(5-10(9)2)6-14(19)18-13-8-16-12(15)7-17-13/h3-5,7-8H,6H2,1-2H3,(H,17,18,19). The molecule has 0 spiro atoms. The van der Waals surface area contributed by atoms with Gasteiger partial charge in [0.25, 0.3) is 0 Å². The summed E-state index contributed by atoms with van der Waals surface area (Å²) >= 11 is 5.62. The lowest BCUT2D eigenvalue weighted by molar-refractivity contribution is -0.115. The fourth-order valence-electron chi connectivity index (χ4n) is 1.66. The molecule has 1 aromatic carbocycles. The maximum Gasteiger partial charge on any atom is 0.229 e. The molecule has 0 atom stereocenters. The highest BCUT2D eigenvalue weighted by Crippen LogP contribution is 2.11. The van der Waals surface area contributed by atoms with Gasteiger partial charge in [-0.1, -0.05) is 29.8 Å². The third-order valence-electron chi connectivity index (χ3n) is 2.82. The lowest BCUT2D eigenvalue weighted by Gasteiger charge is -2.06. The summed E-state index contributed by atoms with van der Waals surface area (Å²) < 4.78 is 0. The Kier molecular flexibility index (Phi) is 4.12. The van der Waals surface area contributed by atoms with Crippen molar-refractivity contribution in [2.75, 3.05) is 5.32 Å². The molecular weight excluding hydrogens is 262 g/mol. The minimum Gasteiger partial charge on any atom is -0.309 e. The molecule has 4 nitrogen and oxygen atoms in total. The number of hydrogen-bond acceptors (Lipinski definition) is 3. The Morgan fingerprint density at radius 2 is 2.00 bits per heavy atom. The molecule has 0 fully saturated rings. The molecule has 2 rings (SSSR count). The van der Waals surface area contributed by atoms with Crippen molar-refractivity contribution in [1.82, 2.24) is 9.97 Å². The van der Waals surface area contributed by atoms with E-state index in [4.69, 9.17) is 11.6 Å². The molecular formula is C14H14ClN3O. The summed E-state index contributed by atoms with van der Waals surface area (Å²) in [6.45, 7) is 4.07. The van der Waals surface area contributed by atoms with E-state index < -0.39 is 0 Å². The van der Waals surface area contributed by atoms with Gasteiger partial charge in [-0.15, -0.1) is 0 Å². The van der Waals surface area contributed by atoms with E-state index in [2.05, 4.69) is 15.3 Å². The van der Waals surface area contributed by atoms with E-state index in [9.17, 15) is 4.79 Å². The van der Waals surface area contributed by atoms with Crippen molar-refractivity contribution in [2.45, 2.75) is 20.3 Å². The van der Waals surface area contributed by atoms with Crippen molar-refractivity contribution < 1.29 is 4.79 Å². The van der Waals surface area contributed by atoms with Gasteiger partial charge in [0.15, 0.2) is 5.82 Å². The number of carbonyl (C=O) groups excluding carboxylic acids is 1. The molecule has 0 unspecified atom stereocenters. The Hall–Kier alpha value is -1.94. The predicted molar refractivity (Wildman–Crippen MR) is 75.3 cm³/mol. The van der Waals surface area contributed by atoms with Crippen LogP contribution >= 0.6 is 11.6 Å². The fourth-order valence-corrected chi connectivity index (χ4v) is 1.76. The van der Waals surface area contributed by atoms with Crippen LogP contribution in [-0.4, -0.2) is 15.9 Å². The summed E-state index contributed by atoms with van der Waals surface area (Å²) in [6, 6.07) is 5.98. The van der Waals surface area contributed by atoms with Crippen LogP contribution in [0.1, 0.15) is 16.7 Å². The van der Waals surface area contributed by atoms with E-state index in [1.165, 1.54) is 23.5 Å². The van der Waals surface area contributed by atoms with Gasteiger partial charge in [0.05, 0.1) is 18.8 Å². The minimum atomic E-state index is -0.125. The monoisotopic (exact) mass is 275 g/mol. The average molecular weight is 276 g/mol. The molecule has 0 aliphatic heterocycles. The SMILES string of the molecule is Cc1ccc(CC(=O)Nc2cnc(Cl)cn2)cc1C. The number of anilines is 1. The van der Waals surface area contributed by atoms with E-state index in [0.717, 1.165) is 5.56 Å². The number of hydrogen-bond donors (Lipinski definition) is 1. The van der Waals surface area contributed by atoms with E-state index >= 15 is 0 Å². The summed E-state index contributed by atoms with van der Waals surface area (Å²) in [5, 5.41) is 2.98. The maximum atomic E-state index is 11.9. The Balaban J connectivity index is 2.01. The van der Waals surface area contributed by atoms with E-state index in [1.54, 1.807) is 0 Å². The summed E-state index contributed by atoms with van der Waals surface area (Å²) in [7, 11) is 0. The lowest BCUT2D eigenvalue weighted by Crippen LogP contribution is -2.15. The molecule has 19 heavy (non-hydrogen) atoms. The first-order chi connectivity index (χ1) is 9.04. The van der Waals surface area contributed by atoms with Crippen LogP contribution in [-0.2, 0) is 11.2 Å². The van der Waals surface area contributed by atoms with Crippen molar-refractivity contribution in [3.8, 4) is 0 Å². The van der Waals surface area contributed by atoms with Crippen LogP contribution in [0.4, 0.5) is 5.82 Å². The number of rotatable bonds is 3. The number of nitrogens with one attached hydrogen (secondary N) is 1. The normalized spacial score (nSPS) is 10.3. The van der Waals surface area contributed by atoms with Crippen LogP contribution in [0.25, 0.3) is 0 Å². The number of amides is 1. The highest BCUT2D eigenvalue weighted by atomic mass is 35.5. The Labute approximate surface area is 116 Å². The van der Waals surface area contributed by atoms with Crippen LogP contribution in [0.2, 0.25) is 5.15 Å². The molecule has 0 bridgehead atoms. The van der Waals surface area contributed by atoms with Gasteiger partial charge in [-0.25, -0.2) is 9.97 Å². The van der Waals surface area contributed by atoms with Crippen LogP contribution in [0.5, 0.6) is 0 Å². The first kappa shape index (κ1) is 13.5. The van der Waals surface area contributed by atoms with Crippen molar-refractivity contribution in [3.63, 3.8) is 0 Å². The van der Waals surface area contributed by atoms with Crippen molar-refractivity contribution in [3.05, 3.63) is 52.4 Å². The number of aryl methyl sites for hydroxylation is 2. The van der Waals surface area contributed by atoms with Crippen LogP contribution < -0.4 is 5.32 Å². The molecule has 5 heteroatoms. The highest BCUT2D eigenvalue weighted by Gasteiger charge is 2.06. The summed E-state index contributed by atoms with van der Waals surface area (Å²) in [5.41, 5.74) is 3.37. The second-order valence-corrected chi connectivity index (χ2v) is 4.76. The van der Waals surface area contributed by atoms with Gasteiger partial charge in [0.1, 0.15) is 5.15 Å². The van der Waals surface area contributed by atoms with Gasteiger partial charge in [0, 0.05) is 0 Å². The molecule has 0 saturated heterocycles. The minimum absolute atomic E-state index is 0.125. The molecule has 1 heterocycles. The van der Waals surface area contributed by atoms with Gasteiger partial charge in [-0.3, -0.25) is 4.79 Å². The van der Waals surface area contributed by atoms with Crippen molar-refractivity contribution in [2.24, 2.45) is 0 Å². The van der Waals surface area contributed by atoms with E-state index in [0.29, 0.717) is 17.4 Å². The summed E-state index contributed by atoms with van der Waals surface area (Å²) in [5.74, 6) is 0.276. The fraction of sp³-hybridized carbons (Fsp3) is 0.214. The zero-order valence-corrected chi connectivity index (χ0v) is 11.5. The number of benzene rings is 1. The second-order valence-electron chi connectivity index (χ2n) is 4.37. The average Bonchev–Trinajstić information content (AvgIpc) is 2.37. The van der Waals surface area contributed by atoms with Crippen LogP contribution in [0.15, 0.2) is 30.6 Å². The lowest BCUT2D eigenvalue weighted by atomic mass is 10.0. The van der Waals surface area contributed by atoms with Crippen LogP contribution in [0, 0.1) is 13.8 Å². The van der Waals surface area contributed by atoms with Gasteiger partial charge < -0.3 is 5.32 Å². The molecule has 98 valence electrons. The quantitative estimate of drug-likeness (QED) is 0.937. The zero-order valence-electron chi connectivity index (χ0n) is 10.8. The zero-order chi connectivity index (χ0) is 13.8. The van der Waals surface area contributed by atoms with Gasteiger partial charge in [-0.05, 0) is 30.5 Å². The highest BCUT2D eigenvalue weighted by molar-refractivity contribution is 6.29. The molecule has 0 radical (unpaired) electrons. The van der Waals surface area contributed by atoms with E-state index in [1.807, 2.05) is 32.0 Å². The molecule has 1 N–H and O–H groups in total. The molecule has 0 saturated carbocycles. The number of halogens is 1.